The van der Waals surface area contributed by atoms with E-state index in [-0.39, 0.29) is 11.5 Å². The van der Waals surface area contributed by atoms with E-state index in [1.807, 2.05) is 19.1 Å². The highest BCUT2D eigenvalue weighted by Crippen LogP contribution is 2.19. The molecule has 0 saturated carbocycles. The molecule has 18 heavy (non-hydrogen) atoms. The Bertz CT molecular complexity index is 629. The van der Waals surface area contributed by atoms with Gasteiger partial charge in [-0.05, 0) is 36.8 Å². The van der Waals surface area contributed by atoms with Crippen molar-refractivity contribution in [3.8, 4) is 0 Å². The summed E-state index contributed by atoms with van der Waals surface area (Å²) in [6.07, 6.45) is 1.45. The van der Waals surface area contributed by atoms with Gasteiger partial charge in [-0.1, -0.05) is 15.9 Å². The molecule has 0 bridgehead atoms. The molecule has 0 aliphatic carbocycles. The summed E-state index contributed by atoms with van der Waals surface area (Å²) in [6, 6.07) is 8.43. The first-order valence-corrected chi connectivity index (χ1v) is 6.11. The topological polar surface area (TPSA) is 62.0 Å². The average Bonchev–Trinajstić information content (AvgIpc) is 2.27. The smallest absolute Gasteiger partial charge is 0.255 e. The molecule has 1 aromatic carbocycles. The number of aromatic amines is 1. The minimum absolute atomic E-state index is 0.298. The van der Waals surface area contributed by atoms with Crippen LogP contribution in [0.1, 0.15) is 15.9 Å². The van der Waals surface area contributed by atoms with Crippen LogP contribution in [0.2, 0.25) is 0 Å². The third-order valence-electron chi connectivity index (χ3n) is 2.34. The van der Waals surface area contributed by atoms with Crippen LogP contribution in [0.15, 0.2) is 45.8 Å². The molecule has 5 heteroatoms. The Hall–Kier alpha value is -1.88. The lowest BCUT2D eigenvalue weighted by atomic mass is 10.2. The Morgan fingerprint density at radius 3 is 2.72 bits per heavy atom. The van der Waals surface area contributed by atoms with E-state index in [9.17, 15) is 9.59 Å². The Morgan fingerprint density at radius 2 is 2.06 bits per heavy atom. The SMILES string of the molecule is Cc1cc(Br)cc(NC(=O)c2cc[nH]c(=O)c2)c1. The van der Waals surface area contributed by atoms with Gasteiger partial charge in [0.15, 0.2) is 0 Å². The van der Waals surface area contributed by atoms with Crippen molar-refractivity contribution in [1.29, 1.82) is 0 Å². The van der Waals surface area contributed by atoms with Crippen molar-refractivity contribution in [2.75, 3.05) is 5.32 Å². The van der Waals surface area contributed by atoms with Gasteiger partial charge in [0.1, 0.15) is 0 Å². The summed E-state index contributed by atoms with van der Waals surface area (Å²) in [5, 5.41) is 2.75. The Balaban J connectivity index is 2.24. The lowest BCUT2D eigenvalue weighted by Gasteiger charge is -2.06. The fourth-order valence-electron chi connectivity index (χ4n) is 1.60. The van der Waals surface area contributed by atoms with E-state index in [1.54, 1.807) is 12.1 Å². The van der Waals surface area contributed by atoms with E-state index < -0.39 is 0 Å². The zero-order chi connectivity index (χ0) is 13.1. The maximum atomic E-state index is 11.9. The number of halogens is 1. The first kappa shape index (κ1) is 12.6. The van der Waals surface area contributed by atoms with Gasteiger partial charge < -0.3 is 10.3 Å². The van der Waals surface area contributed by atoms with Gasteiger partial charge in [0.25, 0.3) is 5.91 Å². The summed E-state index contributed by atoms with van der Waals surface area (Å²) in [4.78, 5) is 25.5. The molecule has 92 valence electrons. The molecule has 1 aromatic heterocycles. The Kier molecular flexibility index (Phi) is 3.62. The lowest BCUT2D eigenvalue weighted by Crippen LogP contribution is -2.15. The number of hydrogen-bond acceptors (Lipinski definition) is 2. The maximum absolute atomic E-state index is 11.9. The highest BCUT2D eigenvalue weighted by Gasteiger charge is 2.07. The first-order chi connectivity index (χ1) is 8.54. The van der Waals surface area contributed by atoms with Crippen molar-refractivity contribution < 1.29 is 4.79 Å². The maximum Gasteiger partial charge on any atom is 0.255 e. The third kappa shape index (κ3) is 3.07. The molecule has 0 unspecified atom stereocenters. The van der Waals surface area contributed by atoms with Gasteiger partial charge >= 0.3 is 0 Å². The van der Waals surface area contributed by atoms with Gasteiger partial charge in [0, 0.05) is 28.0 Å². The number of amides is 1. The number of H-pyrrole nitrogens is 1. The molecule has 0 radical (unpaired) electrons. The normalized spacial score (nSPS) is 10.1. The Morgan fingerprint density at radius 1 is 1.28 bits per heavy atom. The number of pyridine rings is 1. The summed E-state index contributed by atoms with van der Waals surface area (Å²) in [5.41, 5.74) is 1.75. The number of carbonyl (C=O) groups excluding carboxylic acids is 1. The van der Waals surface area contributed by atoms with Gasteiger partial charge in [-0.2, -0.15) is 0 Å². The van der Waals surface area contributed by atoms with E-state index >= 15 is 0 Å². The van der Waals surface area contributed by atoms with Crippen LogP contribution in [0, 0.1) is 6.92 Å². The second-order valence-electron chi connectivity index (χ2n) is 3.91. The molecule has 2 rings (SSSR count). The minimum Gasteiger partial charge on any atom is -0.329 e. The number of aromatic nitrogens is 1. The van der Waals surface area contributed by atoms with Crippen LogP contribution in [0.25, 0.3) is 0 Å². The third-order valence-corrected chi connectivity index (χ3v) is 2.80. The van der Waals surface area contributed by atoms with E-state index in [0.29, 0.717) is 11.3 Å². The number of nitrogens with one attached hydrogen (secondary N) is 2. The summed E-state index contributed by atoms with van der Waals surface area (Å²) in [7, 11) is 0. The predicted octanol–water partition coefficient (Wildman–Crippen LogP) is 2.70. The molecule has 4 nitrogen and oxygen atoms in total. The molecule has 2 N–H and O–H groups in total. The van der Waals surface area contributed by atoms with Crippen LogP contribution in [0.5, 0.6) is 0 Å². The average molecular weight is 307 g/mol. The number of aryl methyl sites for hydroxylation is 1. The molecular formula is C13H11BrN2O2. The Labute approximate surface area is 112 Å². The van der Waals surface area contributed by atoms with E-state index in [0.717, 1.165) is 10.0 Å². The number of anilines is 1. The number of rotatable bonds is 2. The zero-order valence-electron chi connectivity index (χ0n) is 9.66. The van der Waals surface area contributed by atoms with Crippen molar-refractivity contribution >= 4 is 27.5 Å². The van der Waals surface area contributed by atoms with Crippen LogP contribution < -0.4 is 10.9 Å². The largest absolute Gasteiger partial charge is 0.329 e. The van der Waals surface area contributed by atoms with Crippen molar-refractivity contribution in [2.45, 2.75) is 6.92 Å². The quantitative estimate of drug-likeness (QED) is 0.896. The molecule has 1 amide bonds. The molecular weight excluding hydrogens is 296 g/mol. The van der Waals surface area contributed by atoms with Crippen LogP contribution in [-0.4, -0.2) is 10.9 Å². The number of hydrogen-bond donors (Lipinski definition) is 2. The van der Waals surface area contributed by atoms with Gasteiger partial charge in [-0.3, -0.25) is 9.59 Å². The van der Waals surface area contributed by atoms with Crippen LogP contribution in [0.4, 0.5) is 5.69 Å². The standard InChI is InChI=1S/C13H11BrN2O2/c1-8-4-10(14)7-11(5-8)16-13(18)9-2-3-15-12(17)6-9/h2-7H,1H3,(H,15,17)(H,16,18). The summed E-state index contributed by atoms with van der Waals surface area (Å²) in [6.45, 7) is 1.94. The lowest BCUT2D eigenvalue weighted by molar-refractivity contribution is 0.102. The molecule has 0 saturated heterocycles. The fraction of sp³-hybridized carbons (Fsp3) is 0.0769. The minimum atomic E-state index is -0.307. The van der Waals surface area contributed by atoms with E-state index in [4.69, 9.17) is 0 Å². The second-order valence-corrected chi connectivity index (χ2v) is 4.83. The second kappa shape index (κ2) is 5.18. The van der Waals surface area contributed by atoms with E-state index in [2.05, 4.69) is 26.2 Å². The first-order valence-electron chi connectivity index (χ1n) is 5.32. The van der Waals surface area contributed by atoms with Crippen LogP contribution in [-0.2, 0) is 0 Å². The van der Waals surface area contributed by atoms with Crippen molar-refractivity contribution in [2.24, 2.45) is 0 Å². The molecule has 0 fully saturated rings. The van der Waals surface area contributed by atoms with Gasteiger partial charge in [0.2, 0.25) is 5.56 Å². The van der Waals surface area contributed by atoms with Crippen LogP contribution in [0.3, 0.4) is 0 Å². The highest BCUT2D eigenvalue weighted by molar-refractivity contribution is 9.10. The van der Waals surface area contributed by atoms with E-state index in [1.165, 1.54) is 12.3 Å². The van der Waals surface area contributed by atoms with Crippen LogP contribution >= 0.6 is 15.9 Å². The van der Waals surface area contributed by atoms with Gasteiger partial charge in [-0.15, -0.1) is 0 Å². The zero-order valence-corrected chi connectivity index (χ0v) is 11.2. The monoisotopic (exact) mass is 306 g/mol. The predicted molar refractivity (Wildman–Crippen MR) is 73.9 cm³/mol. The van der Waals surface area contributed by atoms with Crippen molar-refractivity contribution in [3.05, 3.63) is 62.5 Å². The summed E-state index contributed by atoms with van der Waals surface area (Å²) < 4.78 is 0.892. The van der Waals surface area contributed by atoms with Gasteiger partial charge in [-0.25, -0.2) is 0 Å². The fourth-order valence-corrected chi connectivity index (χ4v) is 2.21. The van der Waals surface area contributed by atoms with Gasteiger partial charge in [0.05, 0.1) is 0 Å². The molecule has 0 aliphatic heterocycles. The summed E-state index contributed by atoms with van der Waals surface area (Å²) >= 11 is 3.36. The molecule has 2 aromatic rings. The number of benzene rings is 1. The molecule has 0 aliphatic rings. The van der Waals surface area contributed by atoms with Crippen molar-refractivity contribution in [1.82, 2.24) is 4.98 Å². The molecule has 0 atom stereocenters. The number of carbonyl (C=O) groups is 1. The van der Waals surface area contributed by atoms with Crippen molar-refractivity contribution in [3.63, 3.8) is 0 Å². The summed E-state index contributed by atoms with van der Waals surface area (Å²) in [5.74, 6) is -0.307. The molecule has 1 heterocycles. The highest BCUT2D eigenvalue weighted by atomic mass is 79.9. The molecule has 0 spiro atoms.